The molecule has 2 nitrogen and oxygen atoms in total. The lowest BCUT2D eigenvalue weighted by molar-refractivity contribution is -0.0470. The molecule has 1 aliphatic rings. The summed E-state index contributed by atoms with van der Waals surface area (Å²) < 4.78 is 10.8. The van der Waals surface area contributed by atoms with E-state index in [1.807, 2.05) is 6.92 Å². The van der Waals surface area contributed by atoms with Crippen molar-refractivity contribution in [1.29, 1.82) is 0 Å². The van der Waals surface area contributed by atoms with E-state index in [2.05, 4.69) is 13.8 Å². The number of ether oxygens (including phenoxy) is 2. The second-order valence-electron chi connectivity index (χ2n) is 4.15. The van der Waals surface area contributed by atoms with Crippen molar-refractivity contribution in [3.05, 3.63) is 0 Å². The molecule has 1 saturated heterocycles. The molecule has 1 fully saturated rings. The molecule has 0 spiro atoms. The van der Waals surface area contributed by atoms with E-state index < -0.39 is 0 Å². The quantitative estimate of drug-likeness (QED) is 0.570. The van der Waals surface area contributed by atoms with Crippen molar-refractivity contribution in [3.8, 4) is 0 Å². The van der Waals surface area contributed by atoms with Gasteiger partial charge < -0.3 is 9.47 Å². The van der Waals surface area contributed by atoms with Crippen LogP contribution in [0.3, 0.4) is 0 Å². The third-order valence-corrected chi connectivity index (χ3v) is 2.72. The van der Waals surface area contributed by atoms with E-state index >= 15 is 0 Å². The van der Waals surface area contributed by atoms with Crippen LogP contribution < -0.4 is 0 Å². The summed E-state index contributed by atoms with van der Waals surface area (Å²) in [6.07, 6.45) is 5.11. The maximum absolute atomic E-state index is 5.67. The van der Waals surface area contributed by atoms with Gasteiger partial charge in [-0.3, -0.25) is 0 Å². The van der Waals surface area contributed by atoms with E-state index in [0.29, 0.717) is 0 Å². The molecule has 0 bridgehead atoms. The molecule has 1 heterocycles. The van der Waals surface area contributed by atoms with Crippen molar-refractivity contribution < 1.29 is 9.47 Å². The average molecular weight is 186 g/mol. The Bertz CT molecular complexity index is 141. The summed E-state index contributed by atoms with van der Waals surface area (Å²) in [5.74, 6) is 0.501. The summed E-state index contributed by atoms with van der Waals surface area (Å²) in [6.45, 7) is 8.13. The van der Waals surface area contributed by atoms with Gasteiger partial charge >= 0.3 is 0 Å². The topological polar surface area (TPSA) is 21.8 Å². The Morgan fingerprint density at radius 1 is 1.46 bits per heavy atom. The normalized spacial score (nSPS) is 28.8. The van der Waals surface area contributed by atoms with Gasteiger partial charge in [0.25, 0.3) is 0 Å². The lowest BCUT2D eigenvalue weighted by atomic mass is 10.0. The van der Waals surface area contributed by atoms with Crippen LogP contribution in [0.2, 0.25) is 0 Å². The molecule has 0 N–H and O–H groups in total. The van der Waals surface area contributed by atoms with Crippen LogP contribution in [0.15, 0.2) is 0 Å². The van der Waals surface area contributed by atoms with Crippen LogP contribution in [0.4, 0.5) is 0 Å². The first kappa shape index (κ1) is 11.0. The highest BCUT2D eigenvalue weighted by molar-refractivity contribution is 4.75. The largest absolute Gasteiger partial charge is 0.348 e. The van der Waals surface area contributed by atoms with Crippen LogP contribution in [0.1, 0.15) is 46.5 Å². The molecular weight excluding hydrogens is 164 g/mol. The van der Waals surface area contributed by atoms with Gasteiger partial charge in [-0.1, -0.05) is 33.1 Å². The standard InChI is InChI=1S/C11H22O2/c1-4-6-7-10(5-2)8-12-11(3)9-13-11/h10H,4-9H2,1-3H3. The minimum atomic E-state index is -0.223. The van der Waals surface area contributed by atoms with E-state index in [1.165, 1.54) is 25.7 Å². The summed E-state index contributed by atoms with van der Waals surface area (Å²) in [5, 5.41) is 0. The zero-order chi connectivity index (χ0) is 9.73. The van der Waals surface area contributed by atoms with E-state index in [-0.39, 0.29) is 5.79 Å². The molecule has 2 atom stereocenters. The van der Waals surface area contributed by atoms with Crippen molar-refractivity contribution in [1.82, 2.24) is 0 Å². The minimum absolute atomic E-state index is 0.223. The molecule has 2 heteroatoms. The van der Waals surface area contributed by atoms with Crippen molar-refractivity contribution in [2.24, 2.45) is 5.92 Å². The highest BCUT2D eigenvalue weighted by Gasteiger charge is 2.40. The zero-order valence-corrected chi connectivity index (χ0v) is 9.14. The van der Waals surface area contributed by atoms with Crippen molar-refractivity contribution in [2.75, 3.05) is 13.2 Å². The lowest BCUT2D eigenvalue weighted by Crippen LogP contribution is -2.17. The van der Waals surface area contributed by atoms with Gasteiger partial charge in [0.1, 0.15) is 6.61 Å². The Morgan fingerprint density at radius 2 is 2.15 bits per heavy atom. The van der Waals surface area contributed by atoms with Crippen molar-refractivity contribution >= 4 is 0 Å². The molecular formula is C11H22O2. The third-order valence-electron chi connectivity index (χ3n) is 2.72. The molecule has 0 radical (unpaired) electrons. The number of rotatable bonds is 7. The Morgan fingerprint density at radius 3 is 2.62 bits per heavy atom. The highest BCUT2D eigenvalue weighted by atomic mass is 16.8. The van der Waals surface area contributed by atoms with Gasteiger partial charge in [-0.05, 0) is 19.3 Å². The predicted octanol–water partition coefficient (Wildman–Crippen LogP) is 2.97. The van der Waals surface area contributed by atoms with Gasteiger partial charge in [0.05, 0.1) is 6.61 Å². The van der Waals surface area contributed by atoms with E-state index in [0.717, 1.165) is 19.1 Å². The second kappa shape index (κ2) is 4.97. The first-order chi connectivity index (χ1) is 6.20. The first-order valence-corrected chi connectivity index (χ1v) is 5.48. The molecule has 2 unspecified atom stereocenters. The Hall–Kier alpha value is -0.0800. The SMILES string of the molecule is CCCCC(CC)COC1(C)CO1. The maximum atomic E-state index is 5.67. The van der Waals surface area contributed by atoms with Crippen LogP contribution in [-0.4, -0.2) is 19.0 Å². The Balaban J connectivity index is 2.08. The van der Waals surface area contributed by atoms with Gasteiger partial charge in [0.2, 0.25) is 0 Å². The van der Waals surface area contributed by atoms with Gasteiger partial charge in [-0.2, -0.15) is 0 Å². The molecule has 0 amide bonds. The van der Waals surface area contributed by atoms with Crippen LogP contribution in [0.5, 0.6) is 0 Å². The lowest BCUT2D eigenvalue weighted by Gasteiger charge is -2.16. The molecule has 0 aromatic carbocycles. The Kier molecular flexibility index (Phi) is 4.20. The third kappa shape index (κ3) is 4.10. The van der Waals surface area contributed by atoms with Gasteiger partial charge in [-0.15, -0.1) is 0 Å². The number of epoxide rings is 1. The molecule has 1 aliphatic heterocycles. The van der Waals surface area contributed by atoms with Crippen LogP contribution in [-0.2, 0) is 9.47 Å². The highest BCUT2D eigenvalue weighted by Crippen LogP contribution is 2.28. The van der Waals surface area contributed by atoms with Crippen LogP contribution in [0.25, 0.3) is 0 Å². The first-order valence-electron chi connectivity index (χ1n) is 5.48. The molecule has 1 rings (SSSR count). The van der Waals surface area contributed by atoms with Gasteiger partial charge in [0.15, 0.2) is 5.79 Å². The fourth-order valence-electron chi connectivity index (χ4n) is 1.38. The van der Waals surface area contributed by atoms with E-state index in [4.69, 9.17) is 9.47 Å². The average Bonchev–Trinajstić information content (AvgIpc) is 2.85. The molecule has 0 aromatic heterocycles. The monoisotopic (exact) mass is 186 g/mol. The smallest absolute Gasteiger partial charge is 0.189 e. The van der Waals surface area contributed by atoms with Crippen molar-refractivity contribution in [3.63, 3.8) is 0 Å². The maximum Gasteiger partial charge on any atom is 0.189 e. The van der Waals surface area contributed by atoms with Gasteiger partial charge in [0, 0.05) is 0 Å². The fraction of sp³-hybridized carbons (Fsp3) is 1.00. The van der Waals surface area contributed by atoms with E-state index in [9.17, 15) is 0 Å². The van der Waals surface area contributed by atoms with Gasteiger partial charge in [-0.25, -0.2) is 0 Å². The number of hydrogen-bond acceptors (Lipinski definition) is 2. The molecule has 0 saturated carbocycles. The molecule has 78 valence electrons. The van der Waals surface area contributed by atoms with Crippen LogP contribution >= 0.6 is 0 Å². The summed E-state index contributed by atoms with van der Waals surface area (Å²) in [6, 6.07) is 0. The zero-order valence-electron chi connectivity index (χ0n) is 9.14. The summed E-state index contributed by atoms with van der Waals surface area (Å²) >= 11 is 0. The molecule has 13 heavy (non-hydrogen) atoms. The minimum Gasteiger partial charge on any atom is -0.348 e. The van der Waals surface area contributed by atoms with Crippen molar-refractivity contribution in [2.45, 2.75) is 52.2 Å². The Labute approximate surface area is 81.6 Å². The molecule has 0 aliphatic carbocycles. The van der Waals surface area contributed by atoms with Crippen LogP contribution in [0, 0.1) is 5.92 Å². The predicted molar refractivity (Wildman–Crippen MR) is 53.6 cm³/mol. The second-order valence-corrected chi connectivity index (χ2v) is 4.15. The fourth-order valence-corrected chi connectivity index (χ4v) is 1.38. The number of hydrogen-bond donors (Lipinski definition) is 0. The number of unbranched alkanes of at least 4 members (excludes halogenated alkanes) is 1. The van der Waals surface area contributed by atoms with E-state index in [1.54, 1.807) is 0 Å². The summed E-state index contributed by atoms with van der Waals surface area (Å²) in [5.41, 5.74) is 0. The summed E-state index contributed by atoms with van der Waals surface area (Å²) in [4.78, 5) is 0. The summed E-state index contributed by atoms with van der Waals surface area (Å²) in [7, 11) is 0. The molecule has 0 aromatic rings.